The molecule has 2 nitrogen and oxygen atoms in total. The summed E-state index contributed by atoms with van der Waals surface area (Å²) in [6, 6.07) is 0. The van der Waals surface area contributed by atoms with Gasteiger partial charge in [-0.15, -0.1) is 5.92 Å². The van der Waals surface area contributed by atoms with Crippen molar-refractivity contribution >= 4 is 19.1 Å². The van der Waals surface area contributed by atoms with Gasteiger partial charge in [-0.3, -0.25) is 6.19 Å². The number of carbonyl (C=O) groups is 1. The Hall–Kier alpha value is 0.509. The van der Waals surface area contributed by atoms with Crippen LogP contribution in [0.1, 0.15) is 25.7 Å². The van der Waals surface area contributed by atoms with Crippen LogP contribution in [0.25, 0.3) is 0 Å². The van der Waals surface area contributed by atoms with Crippen molar-refractivity contribution in [1.29, 1.82) is 0 Å². The van der Waals surface area contributed by atoms with E-state index in [4.69, 9.17) is 0 Å². The SMILES string of the molecule is O=[C-][B]C(=O)C1[CH-]CCCC1.[Y]. The molecule has 4 heteroatoms. The Bertz CT molecular complexity index is 155. The Morgan fingerprint density at radius 1 is 1.50 bits per heavy atom. The largest absolute Gasteiger partial charge is 0.548 e. The summed E-state index contributed by atoms with van der Waals surface area (Å²) in [4.78, 5) is 20.9. The molecule has 62 valence electrons. The van der Waals surface area contributed by atoms with Crippen molar-refractivity contribution in [3.8, 4) is 0 Å². The minimum atomic E-state index is -0.0836. The molecule has 1 rings (SSSR count). The summed E-state index contributed by atoms with van der Waals surface area (Å²) in [7, 11) is 1.01. The van der Waals surface area contributed by atoms with Gasteiger partial charge in [0.25, 0.3) is 0 Å². The van der Waals surface area contributed by atoms with Gasteiger partial charge in [-0.25, -0.2) is 0 Å². The van der Waals surface area contributed by atoms with E-state index in [9.17, 15) is 9.59 Å². The van der Waals surface area contributed by atoms with Crippen LogP contribution in [0.3, 0.4) is 0 Å². The van der Waals surface area contributed by atoms with E-state index in [1.807, 2.05) is 6.42 Å². The van der Waals surface area contributed by atoms with Gasteiger partial charge in [-0.1, -0.05) is 19.3 Å². The number of carbonyl (C=O) groups excluding carboxylic acids is 2. The molecule has 1 aliphatic carbocycles. The predicted octanol–water partition coefficient (Wildman–Crippen LogP) is 0.676. The maximum atomic E-state index is 11.0. The molecule has 0 bridgehead atoms. The summed E-state index contributed by atoms with van der Waals surface area (Å²) >= 11 is 0. The van der Waals surface area contributed by atoms with E-state index in [0.717, 1.165) is 26.5 Å². The molecule has 1 atom stereocenters. The maximum absolute atomic E-state index is 11.0. The molecular weight excluding hydrogens is 228 g/mol. The number of hydrogen-bond acceptors (Lipinski definition) is 2. The first-order valence-corrected chi connectivity index (χ1v) is 3.92. The zero-order valence-electron chi connectivity index (χ0n) is 6.95. The molecule has 1 unspecified atom stereocenters. The summed E-state index contributed by atoms with van der Waals surface area (Å²) < 4.78 is 0. The fraction of sp³-hybridized carbons (Fsp3) is 0.625. The molecular formula is C8H10BO2Y-2. The van der Waals surface area contributed by atoms with Crippen molar-refractivity contribution in [3.05, 3.63) is 6.42 Å². The second-order valence-corrected chi connectivity index (χ2v) is 2.79. The first-order chi connectivity index (χ1) is 5.34. The van der Waals surface area contributed by atoms with E-state index in [1.165, 1.54) is 12.6 Å². The van der Waals surface area contributed by atoms with E-state index in [2.05, 4.69) is 0 Å². The molecule has 1 saturated carbocycles. The average Bonchev–Trinajstić information content (AvgIpc) is 2.07. The first-order valence-electron chi connectivity index (χ1n) is 3.92. The fourth-order valence-electron chi connectivity index (χ4n) is 1.37. The molecule has 1 aliphatic rings. The van der Waals surface area contributed by atoms with Gasteiger partial charge < -0.3 is 16.0 Å². The molecule has 0 aromatic rings. The van der Waals surface area contributed by atoms with E-state index < -0.39 is 0 Å². The van der Waals surface area contributed by atoms with Crippen LogP contribution in [-0.4, -0.2) is 19.1 Å². The van der Waals surface area contributed by atoms with E-state index in [0.29, 0.717) is 0 Å². The normalized spacial score (nSPS) is 22.2. The van der Waals surface area contributed by atoms with Crippen LogP contribution in [0.2, 0.25) is 0 Å². The van der Waals surface area contributed by atoms with Gasteiger partial charge in [0.05, 0.1) is 0 Å². The third kappa shape index (κ3) is 3.95. The summed E-state index contributed by atoms with van der Waals surface area (Å²) in [6.45, 7) is 0. The molecule has 0 N–H and O–H groups in total. The Balaban J connectivity index is 0.00000121. The van der Waals surface area contributed by atoms with Gasteiger partial charge >= 0.3 is 0 Å². The van der Waals surface area contributed by atoms with Crippen LogP contribution in [0.15, 0.2) is 0 Å². The van der Waals surface area contributed by atoms with Gasteiger partial charge in [0.15, 0.2) is 0 Å². The quantitative estimate of drug-likeness (QED) is 0.535. The second-order valence-electron chi connectivity index (χ2n) is 2.79. The first kappa shape index (κ1) is 12.5. The topological polar surface area (TPSA) is 34.1 Å². The van der Waals surface area contributed by atoms with Crippen molar-refractivity contribution in [2.75, 3.05) is 0 Å². The van der Waals surface area contributed by atoms with E-state index >= 15 is 0 Å². The average molecular weight is 238 g/mol. The Labute approximate surface area is 99.0 Å². The Morgan fingerprint density at radius 3 is 2.75 bits per heavy atom. The van der Waals surface area contributed by atoms with Crippen molar-refractivity contribution in [3.63, 3.8) is 0 Å². The van der Waals surface area contributed by atoms with E-state index in [-0.39, 0.29) is 44.3 Å². The Kier molecular flexibility index (Phi) is 7.26. The molecule has 2 radical (unpaired) electrons. The van der Waals surface area contributed by atoms with Gasteiger partial charge in [0, 0.05) is 45.7 Å². The summed E-state index contributed by atoms with van der Waals surface area (Å²) in [5, 5.41) is 0. The zero-order chi connectivity index (χ0) is 8.10. The molecule has 0 heterocycles. The van der Waals surface area contributed by atoms with Crippen molar-refractivity contribution in [1.82, 2.24) is 0 Å². The fourth-order valence-corrected chi connectivity index (χ4v) is 1.37. The number of rotatable bonds is 3. The molecule has 0 saturated heterocycles. The van der Waals surface area contributed by atoms with Gasteiger partial charge in [0.2, 0.25) is 0 Å². The molecule has 0 spiro atoms. The standard InChI is InChI=1S/C8H10BO2.Y/c10-6-9-8(11)7-4-2-1-3-5-7;/h4,7H,1-3,5H2;/q-2;. The van der Waals surface area contributed by atoms with E-state index in [1.54, 1.807) is 0 Å². The molecule has 0 aromatic heterocycles. The molecule has 0 amide bonds. The van der Waals surface area contributed by atoms with Gasteiger partial charge in [-0.2, -0.15) is 6.42 Å². The smallest absolute Gasteiger partial charge is 0.0325 e. The van der Waals surface area contributed by atoms with Crippen LogP contribution in [0.5, 0.6) is 0 Å². The molecule has 1 fully saturated rings. The van der Waals surface area contributed by atoms with Crippen molar-refractivity contribution in [2.45, 2.75) is 25.7 Å². The second kappa shape index (κ2) is 6.96. The minimum Gasteiger partial charge on any atom is -0.548 e. The van der Waals surface area contributed by atoms with Crippen LogP contribution in [0, 0.1) is 12.3 Å². The van der Waals surface area contributed by atoms with Crippen molar-refractivity contribution in [2.24, 2.45) is 5.92 Å². The monoisotopic (exact) mass is 238 g/mol. The maximum Gasteiger partial charge on any atom is 0.0325 e. The zero-order valence-corrected chi connectivity index (χ0v) is 9.79. The third-order valence-electron chi connectivity index (χ3n) is 1.99. The molecule has 12 heavy (non-hydrogen) atoms. The predicted molar refractivity (Wildman–Crippen MR) is 42.7 cm³/mol. The van der Waals surface area contributed by atoms with Crippen LogP contribution >= 0.6 is 0 Å². The van der Waals surface area contributed by atoms with Gasteiger partial charge in [0.1, 0.15) is 0 Å². The molecule has 0 aromatic carbocycles. The van der Waals surface area contributed by atoms with Crippen LogP contribution in [-0.2, 0) is 42.3 Å². The summed E-state index contributed by atoms with van der Waals surface area (Å²) in [6.07, 6.45) is 7.69. The van der Waals surface area contributed by atoms with Gasteiger partial charge in [-0.05, 0) is 0 Å². The Morgan fingerprint density at radius 2 is 2.25 bits per heavy atom. The minimum absolute atomic E-state index is 0. The third-order valence-corrected chi connectivity index (χ3v) is 1.99. The van der Waals surface area contributed by atoms with Crippen LogP contribution < -0.4 is 0 Å². The summed E-state index contributed by atoms with van der Waals surface area (Å²) in [5.74, 6) is -0.00907. The van der Waals surface area contributed by atoms with Crippen molar-refractivity contribution < 1.29 is 42.3 Å². The van der Waals surface area contributed by atoms with Crippen LogP contribution in [0.4, 0.5) is 0 Å². The molecule has 0 aliphatic heterocycles. The summed E-state index contributed by atoms with van der Waals surface area (Å²) in [5.41, 5.74) is -0.0836. The number of hydrogen-bond donors (Lipinski definition) is 0.